The molecule has 1 aliphatic rings. The molecule has 5 atom stereocenters. The SMILES string of the molecule is OCC1O[C@H](Sc2cc(Cl)cnc2Br)C(O)[C@@H](n2cc(-c3cc(F)c(Cl)c(F)c3)cn2)[C@H]1O. The van der Waals surface area contributed by atoms with Crippen molar-refractivity contribution < 1.29 is 28.8 Å². The van der Waals surface area contributed by atoms with Crippen LogP contribution in [0.25, 0.3) is 11.1 Å². The Labute approximate surface area is 209 Å². The van der Waals surface area contributed by atoms with E-state index in [1.807, 2.05) is 0 Å². The lowest BCUT2D eigenvalue weighted by Gasteiger charge is -2.42. The van der Waals surface area contributed by atoms with Crippen molar-refractivity contribution in [1.29, 1.82) is 0 Å². The van der Waals surface area contributed by atoms with Crippen LogP contribution < -0.4 is 0 Å². The number of hydrogen-bond acceptors (Lipinski definition) is 7. The van der Waals surface area contributed by atoms with E-state index in [0.717, 1.165) is 23.9 Å². The van der Waals surface area contributed by atoms with Crippen LogP contribution in [0.2, 0.25) is 10.0 Å². The van der Waals surface area contributed by atoms with Crippen LogP contribution in [0.1, 0.15) is 6.04 Å². The molecule has 13 heteroatoms. The van der Waals surface area contributed by atoms with Gasteiger partial charge in [-0.05, 0) is 39.7 Å². The van der Waals surface area contributed by atoms with Gasteiger partial charge in [0.25, 0.3) is 0 Å². The maximum Gasteiger partial charge on any atom is 0.145 e. The fourth-order valence-corrected chi connectivity index (χ4v) is 5.38. The Morgan fingerprint density at radius 3 is 2.45 bits per heavy atom. The van der Waals surface area contributed by atoms with E-state index in [0.29, 0.717) is 20.1 Å². The number of thioether (sulfide) groups is 1. The Bertz CT molecular complexity index is 1150. The van der Waals surface area contributed by atoms with Crippen molar-refractivity contribution in [3.05, 3.63) is 63.1 Å². The zero-order valence-electron chi connectivity index (χ0n) is 16.4. The Morgan fingerprint density at radius 1 is 1.09 bits per heavy atom. The number of nitrogens with zero attached hydrogens (tertiary/aromatic N) is 3. The molecule has 0 spiro atoms. The molecule has 1 aliphatic heterocycles. The lowest BCUT2D eigenvalue weighted by molar-refractivity contribution is -0.178. The average molecular weight is 583 g/mol. The first-order chi connectivity index (χ1) is 15.7. The highest BCUT2D eigenvalue weighted by molar-refractivity contribution is 9.10. The summed E-state index contributed by atoms with van der Waals surface area (Å²) in [5, 5.41) is 35.4. The van der Waals surface area contributed by atoms with Gasteiger partial charge in [-0.2, -0.15) is 5.10 Å². The fourth-order valence-electron chi connectivity index (χ4n) is 3.46. The van der Waals surface area contributed by atoms with Crippen molar-refractivity contribution in [3.63, 3.8) is 0 Å². The minimum atomic E-state index is -1.32. The molecule has 7 nitrogen and oxygen atoms in total. The largest absolute Gasteiger partial charge is 0.394 e. The average Bonchev–Trinajstić information content (AvgIpc) is 3.26. The van der Waals surface area contributed by atoms with Crippen LogP contribution in [-0.4, -0.2) is 60.4 Å². The van der Waals surface area contributed by atoms with Crippen LogP contribution in [0.3, 0.4) is 0 Å². The second-order valence-electron chi connectivity index (χ2n) is 7.22. The smallest absolute Gasteiger partial charge is 0.145 e. The number of rotatable bonds is 5. The molecule has 2 unspecified atom stereocenters. The first-order valence-electron chi connectivity index (χ1n) is 9.48. The van der Waals surface area contributed by atoms with Crippen molar-refractivity contribution in [1.82, 2.24) is 14.8 Å². The molecule has 1 aromatic carbocycles. The first-order valence-corrected chi connectivity index (χ1v) is 11.9. The molecular weight excluding hydrogens is 567 g/mol. The highest BCUT2D eigenvalue weighted by Crippen LogP contribution is 2.40. The zero-order valence-corrected chi connectivity index (χ0v) is 20.4. The third-order valence-corrected chi connectivity index (χ3v) is 7.74. The minimum Gasteiger partial charge on any atom is -0.394 e. The molecule has 33 heavy (non-hydrogen) atoms. The summed E-state index contributed by atoms with van der Waals surface area (Å²) >= 11 is 16.0. The third kappa shape index (κ3) is 5.06. The quantitative estimate of drug-likeness (QED) is 0.308. The van der Waals surface area contributed by atoms with Crippen LogP contribution in [0.15, 0.2) is 46.3 Å². The van der Waals surface area contributed by atoms with Gasteiger partial charge in [-0.15, -0.1) is 0 Å². The van der Waals surface area contributed by atoms with Gasteiger partial charge < -0.3 is 20.1 Å². The normalized spacial score (nSPS) is 25.4. The summed E-state index contributed by atoms with van der Waals surface area (Å²) in [5.41, 5.74) is -0.415. The fraction of sp³-hybridized carbons (Fsp3) is 0.300. The molecule has 0 bridgehead atoms. The van der Waals surface area contributed by atoms with Gasteiger partial charge in [-0.3, -0.25) is 4.68 Å². The van der Waals surface area contributed by atoms with E-state index in [1.165, 1.54) is 23.3 Å². The Balaban J connectivity index is 1.65. The number of aromatic nitrogens is 3. The molecule has 0 saturated carbocycles. The molecule has 3 N–H and O–H groups in total. The van der Waals surface area contributed by atoms with E-state index in [-0.39, 0.29) is 5.56 Å². The van der Waals surface area contributed by atoms with Crippen LogP contribution in [0.4, 0.5) is 8.78 Å². The number of halogens is 5. The van der Waals surface area contributed by atoms with Gasteiger partial charge in [-0.1, -0.05) is 35.0 Å². The summed E-state index contributed by atoms with van der Waals surface area (Å²) < 4.78 is 35.2. The van der Waals surface area contributed by atoms with Crippen molar-refractivity contribution in [2.24, 2.45) is 0 Å². The van der Waals surface area contributed by atoms with Gasteiger partial charge in [0.1, 0.15) is 51.1 Å². The summed E-state index contributed by atoms with van der Waals surface area (Å²) in [6, 6.07) is 2.71. The predicted molar refractivity (Wildman–Crippen MR) is 122 cm³/mol. The number of ether oxygens (including phenoxy) is 1. The van der Waals surface area contributed by atoms with E-state index in [4.69, 9.17) is 27.9 Å². The topological polar surface area (TPSA) is 101 Å². The van der Waals surface area contributed by atoms with E-state index in [2.05, 4.69) is 26.0 Å². The highest BCUT2D eigenvalue weighted by atomic mass is 79.9. The number of hydrogen-bond donors (Lipinski definition) is 3. The maximum atomic E-state index is 13.9. The molecule has 0 aliphatic carbocycles. The van der Waals surface area contributed by atoms with Crippen molar-refractivity contribution >= 4 is 50.9 Å². The second-order valence-corrected chi connectivity index (χ2v) is 9.93. The third-order valence-electron chi connectivity index (χ3n) is 5.09. The van der Waals surface area contributed by atoms with E-state index in [9.17, 15) is 24.1 Å². The Hall–Kier alpha value is -1.31. The molecule has 3 heterocycles. The summed E-state index contributed by atoms with van der Waals surface area (Å²) in [6.07, 6.45) is 0.575. The highest BCUT2D eigenvalue weighted by Gasteiger charge is 2.46. The Kier molecular flexibility index (Phi) is 7.61. The standard InChI is InChI=1S/C20H16BrCl2F2N3O4S/c21-19-14(3-10(22)5-26-19)33-20-18(31)16(17(30)13(7-29)32-20)28-6-9(4-27-28)8-1-11(24)15(23)12(25)2-8/h1-6,13,16-18,20,29-31H,7H2/t13?,16-,17-,18?,20+/m0/s1. The van der Waals surface area contributed by atoms with Crippen molar-refractivity contribution in [3.8, 4) is 11.1 Å². The van der Waals surface area contributed by atoms with E-state index >= 15 is 0 Å². The van der Waals surface area contributed by atoms with Crippen LogP contribution in [0, 0.1) is 11.6 Å². The van der Waals surface area contributed by atoms with Gasteiger partial charge in [-0.25, -0.2) is 13.8 Å². The lowest BCUT2D eigenvalue weighted by Crippen LogP contribution is -2.55. The monoisotopic (exact) mass is 581 g/mol. The van der Waals surface area contributed by atoms with Gasteiger partial charge in [0.05, 0.1) is 17.8 Å². The molecule has 0 radical (unpaired) electrons. The summed E-state index contributed by atoms with van der Waals surface area (Å²) in [7, 11) is 0. The molecule has 1 fully saturated rings. The van der Waals surface area contributed by atoms with Crippen LogP contribution in [0.5, 0.6) is 0 Å². The molecule has 176 valence electrons. The first kappa shape index (κ1) is 24.8. The van der Waals surface area contributed by atoms with E-state index < -0.39 is 53.1 Å². The molecule has 2 aromatic heterocycles. The van der Waals surface area contributed by atoms with Gasteiger partial charge >= 0.3 is 0 Å². The summed E-state index contributed by atoms with van der Waals surface area (Å²) in [6.45, 7) is -0.516. The van der Waals surface area contributed by atoms with Crippen molar-refractivity contribution in [2.45, 2.75) is 34.7 Å². The molecule has 0 amide bonds. The zero-order chi connectivity index (χ0) is 23.9. The molecular formula is C20H16BrCl2F2N3O4S. The predicted octanol–water partition coefficient (Wildman–Crippen LogP) is 4.07. The van der Waals surface area contributed by atoms with Crippen LogP contribution >= 0.6 is 50.9 Å². The Morgan fingerprint density at radius 2 is 1.79 bits per heavy atom. The summed E-state index contributed by atoms with van der Waals surface area (Å²) in [4.78, 5) is 4.67. The molecule has 3 aromatic rings. The van der Waals surface area contributed by atoms with Crippen molar-refractivity contribution in [2.75, 3.05) is 6.61 Å². The number of benzene rings is 1. The number of pyridine rings is 1. The lowest BCUT2D eigenvalue weighted by atomic mass is 9.97. The molecule has 4 rings (SSSR count). The van der Waals surface area contributed by atoms with Gasteiger partial charge in [0.2, 0.25) is 0 Å². The van der Waals surface area contributed by atoms with Gasteiger partial charge in [0.15, 0.2) is 0 Å². The minimum absolute atomic E-state index is 0.176. The molecule has 1 saturated heterocycles. The van der Waals surface area contributed by atoms with E-state index in [1.54, 1.807) is 6.07 Å². The second kappa shape index (κ2) is 10.1. The summed E-state index contributed by atoms with van der Waals surface area (Å²) in [5.74, 6) is -1.86. The number of aliphatic hydroxyl groups is 3. The number of aliphatic hydroxyl groups excluding tert-OH is 3. The maximum absolute atomic E-state index is 13.9. The van der Waals surface area contributed by atoms with Crippen LogP contribution in [-0.2, 0) is 4.74 Å². The van der Waals surface area contributed by atoms with Gasteiger partial charge in [0, 0.05) is 22.9 Å².